The summed E-state index contributed by atoms with van der Waals surface area (Å²) in [6.45, 7) is -0.103. The van der Waals surface area contributed by atoms with Gasteiger partial charge in [-0.25, -0.2) is 0 Å². The lowest BCUT2D eigenvalue weighted by Gasteiger charge is -2.11. The van der Waals surface area contributed by atoms with Crippen LogP contribution in [0.25, 0.3) is 0 Å². The molecule has 0 unspecified atom stereocenters. The molecule has 3 aromatic carbocycles. The largest absolute Gasteiger partial charge is 0.343 e. The topological polar surface area (TPSA) is 58.2 Å². The molecule has 2 amide bonds. The number of rotatable bonds is 7. The lowest BCUT2D eigenvalue weighted by molar-refractivity contribution is -0.115. The van der Waals surface area contributed by atoms with Crippen molar-refractivity contribution >= 4 is 29.1 Å². The van der Waals surface area contributed by atoms with E-state index in [0.29, 0.717) is 16.3 Å². The van der Waals surface area contributed by atoms with Gasteiger partial charge in [0.2, 0.25) is 5.91 Å². The number of anilines is 1. The van der Waals surface area contributed by atoms with Gasteiger partial charge in [-0.05, 0) is 54.3 Å². The van der Waals surface area contributed by atoms with E-state index in [4.69, 9.17) is 11.6 Å². The maximum Gasteiger partial charge on any atom is 0.251 e. The number of nitrogens with one attached hydrogen (secondary N) is 2. The van der Waals surface area contributed by atoms with E-state index in [1.165, 1.54) is 5.56 Å². The Labute approximate surface area is 169 Å². The zero-order valence-corrected chi connectivity index (χ0v) is 16.1. The summed E-state index contributed by atoms with van der Waals surface area (Å²) in [6.07, 6.45) is 1.60. The van der Waals surface area contributed by atoms with E-state index in [0.717, 1.165) is 18.4 Å². The number of benzene rings is 3. The first-order valence-electron chi connectivity index (χ1n) is 9.07. The molecule has 5 heteroatoms. The standard InChI is InChI=1S/C23H21ClN2O2/c24-19-12-14-20(15-13-19)26-22(27)16-25-23(28)21-9-5-4-8-18(21)11-10-17-6-2-1-3-7-17/h1-9,12-15H,10-11,16H2,(H,25,28)(H,26,27). The van der Waals surface area contributed by atoms with E-state index in [1.807, 2.05) is 36.4 Å². The van der Waals surface area contributed by atoms with Crippen LogP contribution in [-0.4, -0.2) is 18.4 Å². The van der Waals surface area contributed by atoms with Crippen LogP contribution in [0.15, 0.2) is 78.9 Å². The number of carbonyl (C=O) groups excluding carboxylic acids is 2. The first-order chi connectivity index (χ1) is 13.6. The fourth-order valence-corrected chi connectivity index (χ4v) is 3.00. The Morgan fingerprint density at radius 3 is 2.21 bits per heavy atom. The summed E-state index contributed by atoms with van der Waals surface area (Å²) in [4.78, 5) is 24.6. The summed E-state index contributed by atoms with van der Waals surface area (Å²) in [5, 5.41) is 6.01. The molecule has 0 radical (unpaired) electrons. The number of aryl methyl sites for hydroxylation is 2. The van der Waals surface area contributed by atoms with Gasteiger partial charge in [-0.15, -0.1) is 0 Å². The second-order valence-corrected chi connectivity index (χ2v) is 6.82. The summed E-state index contributed by atoms with van der Waals surface area (Å²) in [6, 6.07) is 24.4. The molecule has 3 aromatic rings. The molecule has 142 valence electrons. The van der Waals surface area contributed by atoms with Gasteiger partial charge in [0.15, 0.2) is 0 Å². The molecule has 2 N–H and O–H groups in total. The van der Waals surface area contributed by atoms with E-state index in [9.17, 15) is 9.59 Å². The van der Waals surface area contributed by atoms with Crippen LogP contribution in [0.1, 0.15) is 21.5 Å². The van der Waals surface area contributed by atoms with Crippen molar-refractivity contribution < 1.29 is 9.59 Å². The fourth-order valence-electron chi connectivity index (χ4n) is 2.88. The Balaban J connectivity index is 1.56. The van der Waals surface area contributed by atoms with Crippen molar-refractivity contribution in [2.75, 3.05) is 11.9 Å². The van der Waals surface area contributed by atoms with Gasteiger partial charge in [0.05, 0.1) is 6.54 Å². The van der Waals surface area contributed by atoms with Crippen molar-refractivity contribution in [3.05, 3.63) is 101 Å². The van der Waals surface area contributed by atoms with E-state index >= 15 is 0 Å². The van der Waals surface area contributed by atoms with Gasteiger partial charge >= 0.3 is 0 Å². The van der Waals surface area contributed by atoms with E-state index in [2.05, 4.69) is 22.8 Å². The molecule has 0 saturated heterocycles. The van der Waals surface area contributed by atoms with Crippen LogP contribution in [0.2, 0.25) is 5.02 Å². The summed E-state index contributed by atoms with van der Waals surface area (Å²) < 4.78 is 0. The van der Waals surface area contributed by atoms with Gasteiger partial charge in [-0.2, -0.15) is 0 Å². The van der Waals surface area contributed by atoms with Crippen LogP contribution in [-0.2, 0) is 17.6 Å². The minimum atomic E-state index is -0.294. The van der Waals surface area contributed by atoms with Gasteiger partial charge in [-0.1, -0.05) is 60.1 Å². The highest BCUT2D eigenvalue weighted by molar-refractivity contribution is 6.30. The van der Waals surface area contributed by atoms with E-state index in [1.54, 1.807) is 30.3 Å². The molecule has 0 spiro atoms. The first kappa shape index (κ1) is 19.6. The Bertz CT molecular complexity index is 940. The van der Waals surface area contributed by atoms with Gasteiger partial charge in [-0.3, -0.25) is 9.59 Å². The molecule has 3 rings (SSSR count). The van der Waals surface area contributed by atoms with Crippen molar-refractivity contribution in [3.8, 4) is 0 Å². The van der Waals surface area contributed by atoms with Crippen LogP contribution in [0.3, 0.4) is 0 Å². The minimum Gasteiger partial charge on any atom is -0.343 e. The molecular weight excluding hydrogens is 372 g/mol. The SMILES string of the molecule is O=C(CNC(=O)c1ccccc1CCc1ccccc1)Nc1ccc(Cl)cc1. The van der Waals surface area contributed by atoms with E-state index in [-0.39, 0.29) is 18.4 Å². The lowest BCUT2D eigenvalue weighted by Crippen LogP contribution is -2.33. The van der Waals surface area contributed by atoms with Crippen LogP contribution in [0.5, 0.6) is 0 Å². The molecule has 0 aliphatic heterocycles. The highest BCUT2D eigenvalue weighted by Gasteiger charge is 2.12. The lowest BCUT2D eigenvalue weighted by atomic mass is 9.99. The van der Waals surface area contributed by atoms with Crippen LogP contribution in [0, 0.1) is 0 Å². The molecule has 0 aliphatic carbocycles. The van der Waals surface area contributed by atoms with Crippen molar-refractivity contribution in [1.82, 2.24) is 5.32 Å². The number of halogens is 1. The number of hydrogen-bond donors (Lipinski definition) is 2. The monoisotopic (exact) mass is 392 g/mol. The third-order valence-corrected chi connectivity index (χ3v) is 4.58. The molecule has 0 bridgehead atoms. The fraction of sp³-hybridized carbons (Fsp3) is 0.130. The molecule has 4 nitrogen and oxygen atoms in total. The van der Waals surface area contributed by atoms with Crippen molar-refractivity contribution in [3.63, 3.8) is 0 Å². The molecule has 0 fully saturated rings. The Hall–Kier alpha value is -3.11. The third kappa shape index (κ3) is 5.69. The Morgan fingerprint density at radius 1 is 0.786 bits per heavy atom. The molecule has 0 aromatic heterocycles. The highest BCUT2D eigenvalue weighted by Crippen LogP contribution is 2.14. The average molecular weight is 393 g/mol. The summed E-state index contributed by atoms with van der Waals surface area (Å²) >= 11 is 5.83. The van der Waals surface area contributed by atoms with Crippen LogP contribution < -0.4 is 10.6 Å². The Kier molecular flexibility index (Phi) is 6.82. The molecule has 0 atom stereocenters. The zero-order valence-electron chi connectivity index (χ0n) is 15.3. The maximum atomic E-state index is 12.6. The van der Waals surface area contributed by atoms with Gasteiger partial charge in [0, 0.05) is 16.3 Å². The Morgan fingerprint density at radius 2 is 1.46 bits per heavy atom. The van der Waals surface area contributed by atoms with Gasteiger partial charge in [0.1, 0.15) is 0 Å². The second-order valence-electron chi connectivity index (χ2n) is 6.38. The van der Waals surface area contributed by atoms with Crippen molar-refractivity contribution in [2.24, 2.45) is 0 Å². The third-order valence-electron chi connectivity index (χ3n) is 4.33. The van der Waals surface area contributed by atoms with Crippen LogP contribution >= 0.6 is 11.6 Å². The smallest absolute Gasteiger partial charge is 0.251 e. The molecule has 0 saturated carbocycles. The molecule has 0 aliphatic rings. The molecule has 28 heavy (non-hydrogen) atoms. The van der Waals surface area contributed by atoms with Crippen molar-refractivity contribution in [1.29, 1.82) is 0 Å². The normalized spacial score (nSPS) is 10.3. The minimum absolute atomic E-state index is 0.103. The predicted octanol–water partition coefficient (Wildman–Crippen LogP) is 4.49. The average Bonchev–Trinajstić information content (AvgIpc) is 2.73. The van der Waals surface area contributed by atoms with Gasteiger partial charge < -0.3 is 10.6 Å². The summed E-state index contributed by atoms with van der Waals surface area (Å²) in [5.74, 6) is -0.549. The predicted molar refractivity (Wildman–Crippen MR) is 113 cm³/mol. The van der Waals surface area contributed by atoms with Crippen molar-refractivity contribution in [2.45, 2.75) is 12.8 Å². The summed E-state index contributed by atoms with van der Waals surface area (Å²) in [7, 11) is 0. The van der Waals surface area contributed by atoms with Crippen LogP contribution in [0.4, 0.5) is 5.69 Å². The van der Waals surface area contributed by atoms with Gasteiger partial charge in [0.25, 0.3) is 5.91 Å². The van der Waals surface area contributed by atoms with E-state index < -0.39 is 0 Å². The molecule has 0 heterocycles. The number of amides is 2. The number of hydrogen-bond acceptors (Lipinski definition) is 2. The second kappa shape index (κ2) is 9.72. The first-order valence-corrected chi connectivity index (χ1v) is 9.45. The molecular formula is C23H21ClN2O2. The maximum absolute atomic E-state index is 12.6. The zero-order chi connectivity index (χ0) is 19.8. The number of carbonyl (C=O) groups is 2. The quantitative estimate of drug-likeness (QED) is 0.622. The summed E-state index contributed by atoms with van der Waals surface area (Å²) in [5.41, 5.74) is 3.41. The highest BCUT2D eigenvalue weighted by atomic mass is 35.5.